The van der Waals surface area contributed by atoms with E-state index in [4.69, 9.17) is 9.47 Å². The van der Waals surface area contributed by atoms with Crippen LogP contribution in [-0.4, -0.2) is 34.9 Å². The number of carbonyl (C=O) groups excluding carboxylic acids is 1. The molecule has 0 fully saturated rings. The predicted molar refractivity (Wildman–Crippen MR) is 132 cm³/mol. The Morgan fingerprint density at radius 1 is 0.794 bits per heavy atom. The Morgan fingerprint density at radius 3 is 1.85 bits per heavy atom. The van der Waals surface area contributed by atoms with E-state index >= 15 is 0 Å². The number of anilines is 2. The summed E-state index contributed by atoms with van der Waals surface area (Å²) in [4.78, 5) is 17.7. The number of hydrogen-bond donors (Lipinski definition) is 2. The van der Waals surface area contributed by atoms with E-state index < -0.39 is 0 Å². The molecule has 2 N–H and O–H groups in total. The van der Waals surface area contributed by atoms with Gasteiger partial charge in [0.15, 0.2) is 0 Å². The third kappa shape index (κ3) is 5.53. The van der Waals surface area contributed by atoms with Crippen LogP contribution in [-0.2, 0) is 13.1 Å². The summed E-state index contributed by atoms with van der Waals surface area (Å²) in [7, 11) is 3.27. The zero-order valence-corrected chi connectivity index (χ0v) is 19.4. The largest absolute Gasteiger partial charge is 0.497 e. The van der Waals surface area contributed by atoms with E-state index in [0.29, 0.717) is 30.5 Å². The van der Waals surface area contributed by atoms with E-state index in [2.05, 4.69) is 20.7 Å². The monoisotopic (exact) mass is 457 g/mol. The summed E-state index contributed by atoms with van der Waals surface area (Å²) in [5.41, 5.74) is 3.67. The van der Waals surface area contributed by atoms with Crippen LogP contribution < -0.4 is 20.1 Å². The van der Waals surface area contributed by atoms with Crippen LogP contribution in [0.3, 0.4) is 0 Å². The number of ether oxygens (including phenoxy) is 2. The van der Waals surface area contributed by atoms with Crippen LogP contribution in [0.5, 0.6) is 11.5 Å². The molecule has 0 unspecified atom stereocenters. The SMILES string of the molecule is COc1ccc(CNc2nc(NCc3ccc(OC)cc3)n(C(=O)c3ccc(C)cc3)n2)cc1. The van der Waals surface area contributed by atoms with E-state index in [-0.39, 0.29) is 5.91 Å². The second kappa shape index (κ2) is 10.5. The Labute approximate surface area is 198 Å². The summed E-state index contributed by atoms with van der Waals surface area (Å²) < 4.78 is 11.7. The van der Waals surface area contributed by atoms with Crippen LogP contribution in [0.4, 0.5) is 11.9 Å². The smallest absolute Gasteiger partial charge is 0.281 e. The zero-order chi connectivity index (χ0) is 23.9. The van der Waals surface area contributed by atoms with Crippen molar-refractivity contribution in [1.82, 2.24) is 14.8 Å². The summed E-state index contributed by atoms with van der Waals surface area (Å²) >= 11 is 0. The van der Waals surface area contributed by atoms with Gasteiger partial charge >= 0.3 is 0 Å². The Kier molecular flexibility index (Phi) is 7.07. The number of hydrogen-bond acceptors (Lipinski definition) is 7. The lowest BCUT2D eigenvalue weighted by molar-refractivity contribution is 0.0947. The summed E-state index contributed by atoms with van der Waals surface area (Å²) in [6, 6.07) is 22.8. The molecule has 4 aromatic rings. The quantitative estimate of drug-likeness (QED) is 0.382. The number of aryl methyl sites for hydroxylation is 1. The fourth-order valence-electron chi connectivity index (χ4n) is 3.31. The molecule has 0 radical (unpaired) electrons. The Hall–Kier alpha value is -4.33. The second-order valence-electron chi connectivity index (χ2n) is 7.75. The van der Waals surface area contributed by atoms with Crippen molar-refractivity contribution in [2.24, 2.45) is 0 Å². The molecule has 0 spiro atoms. The van der Waals surface area contributed by atoms with Gasteiger partial charge in [-0.25, -0.2) is 0 Å². The molecule has 0 saturated heterocycles. The van der Waals surface area contributed by atoms with E-state index in [0.717, 1.165) is 28.2 Å². The van der Waals surface area contributed by atoms with Crippen LogP contribution in [0.2, 0.25) is 0 Å². The van der Waals surface area contributed by atoms with Gasteiger partial charge in [-0.15, -0.1) is 5.10 Å². The molecule has 8 heteroatoms. The van der Waals surface area contributed by atoms with Gasteiger partial charge in [-0.1, -0.05) is 42.0 Å². The van der Waals surface area contributed by atoms with E-state index in [1.165, 1.54) is 4.68 Å². The fourth-order valence-corrected chi connectivity index (χ4v) is 3.31. The summed E-state index contributed by atoms with van der Waals surface area (Å²) in [5, 5.41) is 10.9. The molecule has 34 heavy (non-hydrogen) atoms. The normalized spacial score (nSPS) is 10.6. The molecule has 0 aliphatic carbocycles. The van der Waals surface area contributed by atoms with Gasteiger partial charge in [-0.05, 0) is 54.4 Å². The molecule has 0 amide bonds. The molecule has 3 aromatic carbocycles. The van der Waals surface area contributed by atoms with Crippen molar-refractivity contribution >= 4 is 17.8 Å². The third-order valence-corrected chi connectivity index (χ3v) is 5.32. The first-order valence-electron chi connectivity index (χ1n) is 10.9. The van der Waals surface area contributed by atoms with Crippen LogP contribution in [0.25, 0.3) is 0 Å². The van der Waals surface area contributed by atoms with Gasteiger partial charge in [-0.2, -0.15) is 9.67 Å². The van der Waals surface area contributed by atoms with Crippen LogP contribution in [0.1, 0.15) is 27.0 Å². The molecule has 0 bridgehead atoms. The van der Waals surface area contributed by atoms with Crippen LogP contribution in [0, 0.1) is 6.92 Å². The van der Waals surface area contributed by atoms with E-state index in [9.17, 15) is 4.79 Å². The molecule has 0 saturated carbocycles. The van der Waals surface area contributed by atoms with Crippen molar-refractivity contribution in [2.75, 3.05) is 24.9 Å². The second-order valence-corrected chi connectivity index (χ2v) is 7.75. The highest BCUT2D eigenvalue weighted by Gasteiger charge is 2.18. The molecular weight excluding hydrogens is 430 g/mol. The van der Waals surface area contributed by atoms with Gasteiger partial charge in [0.1, 0.15) is 11.5 Å². The zero-order valence-electron chi connectivity index (χ0n) is 19.4. The average molecular weight is 458 g/mol. The molecule has 0 aliphatic rings. The molecule has 1 aromatic heterocycles. The number of carbonyl (C=O) groups is 1. The summed E-state index contributed by atoms with van der Waals surface area (Å²) in [6.45, 7) is 2.96. The highest BCUT2D eigenvalue weighted by Crippen LogP contribution is 2.17. The number of rotatable bonds is 9. The molecule has 8 nitrogen and oxygen atoms in total. The maximum atomic E-state index is 13.2. The lowest BCUT2D eigenvalue weighted by Gasteiger charge is -2.08. The van der Waals surface area contributed by atoms with Crippen molar-refractivity contribution < 1.29 is 14.3 Å². The first kappa shape index (κ1) is 22.8. The minimum Gasteiger partial charge on any atom is -0.497 e. The highest BCUT2D eigenvalue weighted by molar-refractivity contribution is 5.97. The maximum absolute atomic E-state index is 13.2. The van der Waals surface area contributed by atoms with Crippen molar-refractivity contribution in [2.45, 2.75) is 20.0 Å². The fraction of sp³-hybridized carbons (Fsp3) is 0.192. The molecular formula is C26H27N5O3. The summed E-state index contributed by atoms with van der Waals surface area (Å²) in [6.07, 6.45) is 0. The minimum atomic E-state index is -0.262. The summed E-state index contributed by atoms with van der Waals surface area (Å²) in [5.74, 6) is 2.03. The molecule has 0 atom stereocenters. The molecule has 174 valence electrons. The number of aromatic nitrogens is 3. The van der Waals surface area contributed by atoms with Gasteiger partial charge in [0.05, 0.1) is 14.2 Å². The first-order chi connectivity index (χ1) is 16.6. The van der Waals surface area contributed by atoms with Gasteiger partial charge in [0.2, 0.25) is 11.9 Å². The average Bonchev–Trinajstić information content (AvgIpc) is 3.30. The van der Waals surface area contributed by atoms with Crippen molar-refractivity contribution in [3.8, 4) is 11.5 Å². The Bertz CT molecular complexity index is 1230. The minimum absolute atomic E-state index is 0.262. The number of methoxy groups -OCH3 is 2. The third-order valence-electron chi connectivity index (χ3n) is 5.32. The molecule has 0 aliphatic heterocycles. The Morgan fingerprint density at radius 2 is 1.32 bits per heavy atom. The van der Waals surface area contributed by atoms with Crippen LogP contribution >= 0.6 is 0 Å². The highest BCUT2D eigenvalue weighted by atomic mass is 16.5. The lowest BCUT2D eigenvalue weighted by Crippen LogP contribution is -2.17. The number of nitrogens with zero attached hydrogens (tertiary/aromatic N) is 3. The standard InChI is InChI=1S/C26H27N5O3/c1-18-4-10-21(11-5-18)24(32)31-26(28-17-20-8-14-23(34-3)15-9-20)29-25(30-31)27-16-19-6-12-22(33-2)13-7-19/h4-15H,16-17H2,1-3H3,(H2,27,28,29,30). The van der Waals surface area contributed by atoms with Gasteiger partial charge in [0, 0.05) is 18.7 Å². The first-order valence-corrected chi connectivity index (χ1v) is 10.9. The molecule has 4 rings (SSSR count). The number of benzene rings is 3. The van der Waals surface area contributed by atoms with Gasteiger partial charge in [0.25, 0.3) is 5.91 Å². The van der Waals surface area contributed by atoms with Crippen molar-refractivity contribution in [3.05, 3.63) is 95.1 Å². The van der Waals surface area contributed by atoms with Gasteiger partial charge < -0.3 is 20.1 Å². The van der Waals surface area contributed by atoms with Crippen molar-refractivity contribution in [1.29, 1.82) is 0 Å². The van der Waals surface area contributed by atoms with E-state index in [1.54, 1.807) is 26.4 Å². The Balaban J connectivity index is 1.54. The van der Waals surface area contributed by atoms with Gasteiger partial charge in [-0.3, -0.25) is 4.79 Å². The topological polar surface area (TPSA) is 90.3 Å². The van der Waals surface area contributed by atoms with Crippen molar-refractivity contribution in [3.63, 3.8) is 0 Å². The van der Waals surface area contributed by atoms with Crippen LogP contribution in [0.15, 0.2) is 72.8 Å². The molecule has 1 heterocycles. The lowest BCUT2D eigenvalue weighted by atomic mass is 10.1. The van der Waals surface area contributed by atoms with E-state index in [1.807, 2.05) is 67.6 Å². The maximum Gasteiger partial charge on any atom is 0.281 e. The predicted octanol–water partition coefficient (Wildman–Crippen LogP) is 4.52. The number of nitrogens with one attached hydrogen (secondary N) is 2.